The first-order valence-corrected chi connectivity index (χ1v) is 12.8. The summed E-state index contributed by atoms with van der Waals surface area (Å²) >= 11 is 0. The third-order valence-corrected chi connectivity index (χ3v) is 7.98. The number of hydrogen-bond donors (Lipinski definition) is 0. The molecule has 0 radical (unpaired) electrons. The van der Waals surface area contributed by atoms with Gasteiger partial charge in [-0.05, 0) is 74.8 Å². The second-order valence-corrected chi connectivity index (χ2v) is 9.93. The molecule has 2 aromatic rings. The van der Waals surface area contributed by atoms with Gasteiger partial charge in [0.15, 0.2) is 0 Å². The number of pyridine rings is 1. The van der Waals surface area contributed by atoms with Crippen molar-refractivity contribution in [3.05, 3.63) is 59.9 Å². The number of likely N-dealkylation sites (tertiary alicyclic amines) is 1. The maximum Gasteiger partial charge on any atom is 0.410 e. The molecule has 7 heteroatoms. The van der Waals surface area contributed by atoms with E-state index in [4.69, 9.17) is 14.7 Å². The Morgan fingerprint density at radius 3 is 2.92 bits per heavy atom. The molecule has 1 saturated carbocycles. The van der Waals surface area contributed by atoms with Crippen molar-refractivity contribution in [1.29, 1.82) is 5.26 Å². The lowest BCUT2D eigenvalue weighted by molar-refractivity contribution is -0.144. The van der Waals surface area contributed by atoms with E-state index in [0.29, 0.717) is 25.1 Å². The highest BCUT2D eigenvalue weighted by atomic mass is 16.6. The molecule has 3 fully saturated rings. The number of rotatable bonds is 4. The number of fused-ring (bicyclic) bond motifs is 2. The van der Waals surface area contributed by atoms with Crippen LogP contribution in [0.4, 0.5) is 4.79 Å². The van der Waals surface area contributed by atoms with Crippen molar-refractivity contribution in [2.45, 2.75) is 45.3 Å². The third-order valence-electron chi connectivity index (χ3n) is 7.98. The van der Waals surface area contributed by atoms with Gasteiger partial charge in [-0.25, -0.2) is 4.79 Å². The fourth-order valence-electron chi connectivity index (χ4n) is 6.41. The highest BCUT2D eigenvalue weighted by molar-refractivity contribution is 5.76. The van der Waals surface area contributed by atoms with Crippen molar-refractivity contribution < 1.29 is 19.1 Å². The zero-order chi connectivity index (χ0) is 25.2. The third kappa shape index (κ3) is 4.48. The lowest BCUT2D eigenvalue weighted by Crippen LogP contribution is -2.56. The van der Waals surface area contributed by atoms with Crippen molar-refractivity contribution >= 4 is 18.1 Å². The highest BCUT2D eigenvalue weighted by Crippen LogP contribution is 2.51. The van der Waals surface area contributed by atoms with E-state index >= 15 is 0 Å². The summed E-state index contributed by atoms with van der Waals surface area (Å²) in [6.45, 7) is 4.80. The quantitative estimate of drug-likeness (QED) is 0.562. The molecular formula is C29H31N3O4. The summed E-state index contributed by atoms with van der Waals surface area (Å²) in [5.41, 5.74) is 3.34. The van der Waals surface area contributed by atoms with Crippen LogP contribution in [0.2, 0.25) is 0 Å². The van der Waals surface area contributed by atoms with Crippen LogP contribution in [0.3, 0.4) is 0 Å². The van der Waals surface area contributed by atoms with Crippen molar-refractivity contribution in [3.8, 4) is 17.2 Å². The highest BCUT2D eigenvalue weighted by Gasteiger charge is 2.56. The zero-order valence-corrected chi connectivity index (χ0v) is 20.7. The fourth-order valence-corrected chi connectivity index (χ4v) is 6.41. The van der Waals surface area contributed by atoms with Crippen LogP contribution in [0.5, 0.6) is 0 Å². The van der Waals surface area contributed by atoms with E-state index in [1.807, 2.05) is 61.4 Å². The Kier molecular flexibility index (Phi) is 6.77. The van der Waals surface area contributed by atoms with Crippen LogP contribution >= 0.6 is 0 Å². The summed E-state index contributed by atoms with van der Waals surface area (Å²) in [6.07, 6.45) is 8.14. The number of hydrogen-bond acceptors (Lipinski definition) is 6. The average molecular weight is 486 g/mol. The van der Waals surface area contributed by atoms with Gasteiger partial charge >= 0.3 is 12.1 Å². The van der Waals surface area contributed by atoms with Gasteiger partial charge < -0.3 is 14.4 Å². The van der Waals surface area contributed by atoms with Gasteiger partial charge in [0, 0.05) is 30.3 Å². The fraction of sp³-hybridized carbons (Fsp3) is 0.448. The first-order chi connectivity index (χ1) is 17.5. The maximum absolute atomic E-state index is 12.7. The number of amides is 1. The molecule has 5 rings (SSSR count). The van der Waals surface area contributed by atoms with Crippen LogP contribution in [-0.2, 0) is 14.3 Å². The summed E-state index contributed by atoms with van der Waals surface area (Å²) in [5.74, 6) is 0.0615. The van der Waals surface area contributed by atoms with Gasteiger partial charge in [0.2, 0.25) is 0 Å². The van der Waals surface area contributed by atoms with E-state index < -0.39 is 0 Å². The van der Waals surface area contributed by atoms with Crippen LogP contribution in [0.25, 0.3) is 17.2 Å². The molecule has 7 nitrogen and oxygen atoms in total. The summed E-state index contributed by atoms with van der Waals surface area (Å²) in [4.78, 5) is 31.9. The first-order valence-electron chi connectivity index (χ1n) is 12.8. The largest absolute Gasteiger partial charge is 0.462 e. The predicted octanol–water partition coefficient (Wildman–Crippen LogP) is 5.07. The van der Waals surface area contributed by atoms with Crippen molar-refractivity contribution in [2.24, 2.45) is 23.7 Å². The van der Waals surface area contributed by atoms with E-state index in [2.05, 4.69) is 17.1 Å². The molecule has 2 aliphatic heterocycles. The number of carbonyl (C=O) groups is 2. The molecule has 0 bridgehead atoms. The number of aromatic nitrogens is 1. The Hall–Kier alpha value is -3.66. The summed E-state index contributed by atoms with van der Waals surface area (Å²) in [5, 5.41) is 9.17. The Morgan fingerprint density at radius 2 is 2.17 bits per heavy atom. The van der Waals surface area contributed by atoms with Gasteiger partial charge in [0.1, 0.15) is 6.10 Å². The molecule has 0 spiro atoms. The number of nitriles is 1. The lowest BCUT2D eigenvalue weighted by Gasteiger charge is -2.50. The maximum atomic E-state index is 12.7. The number of carbonyl (C=O) groups excluding carboxylic acids is 2. The van der Waals surface area contributed by atoms with E-state index in [-0.39, 0.29) is 47.9 Å². The van der Waals surface area contributed by atoms with Crippen molar-refractivity contribution in [1.82, 2.24) is 9.88 Å². The normalized spacial score (nSPS) is 29.2. The van der Waals surface area contributed by atoms with Gasteiger partial charge in [-0.2, -0.15) is 5.26 Å². The molecule has 1 amide bonds. The van der Waals surface area contributed by atoms with Crippen LogP contribution in [0.15, 0.2) is 48.7 Å². The second-order valence-electron chi connectivity index (χ2n) is 9.93. The van der Waals surface area contributed by atoms with Crippen molar-refractivity contribution in [2.75, 3.05) is 13.2 Å². The molecule has 2 saturated heterocycles. The van der Waals surface area contributed by atoms with E-state index in [9.17, 15) is 9.59 Å². The molecule has 36 heavy (non-hydrogen) atoms. The Labute approximate surface area is 211 Å². The number of cyclic esters (lactones) is 1. The lowest BCUT2D eigenvalue weighted by atomic mass is 9.61. The molecule has 6 atom stereocenters. The molecular weight excluding hydrogens is 454 g/mol. The number of ether oxygens (including phenoxy) is 2. The van der Waals surface area contributed by atoms with Gasteiger partial charge in [-0.15, -0.1) is 0 Å². The number of allylic oxidation sites excluding steroid dienone is 1. The molecule has 186 valence electrons. The SMILES string of the molecule is CCOC(=O)N1CCC[C@H]2[C@H](/C=C/c3ccc(-c4cccc(C#N)c4)cn3)[C@@H]3[C@@H](C)OC(=O)[C@@H]3C[C@@H]21. The molecule has 0 unspecified atom stereocenters. The number of piperidine rings is 1. The van der Waals surface area contributed by atoms with Crippen molar-refractivity contribution in [3.63, 3.8) is 0 Å². The minimum absolute atomic E-state index is 0.0331. The molecule has 1 aromatic heterocycles. The number of nitrogens with zero attached hydrogens (tertiary/aromatic N) is 3. The van der Waals surface area contributed by atoms with Crippen LogP contribution in [-0.4, -0.2) is 47.2 Å². The van der Waals surface area contributed by atoms with Gasteiger partial charge in [0.05, 0.1) is 29.9 Å². The van der Waals surface area contributed by atoms with Gasteiger partial charge in [0.25, 0.3) is 0 Å². The summed E-state index contributed by atoms with van der Waals surface area (Å²) in [6, 6.07) is 13.6. The minimum atomic E-state index is -0.287. The smallest absolute Gasteiger partial charge is 0.410 e. The van der Waals surface area contributed by atoms with E-state index in [1.165, 1.54) is 0 Å². The molecule has 1 aromatic carbocycles. The standard InChI is InChI=1S/C29H31N3O4/c1-3-35-29(34)32-13-5-8-23-24(27-18(2)36-28(33)25(27)15-26(23)32)12-11-22-10-9-21(17-31-22)20-7-4-6-19(14-20)16-30/h4,6-7,9-12,14,17-18,23-27H,3,5,8,13,15H2,1-2H3/b12-11+/t18-,23+,24+,25-,26+,27+/m1/s1. The molecule has 3 aliphatic rings. The van der Waals surface area contributed by atoms with Crippen LogP contribution in [0, 0.1) is 35.0 Å². The summed E-state index contributed by atoms with van der Waals surface area (Å²) < 4.78 is 11.0. The van der Waals surface area contributed by atoms with Crippen LogP contribution < -0.4 is 0 Å². The Balaban J connectivity index is 1.41. The monoisotopic (exact) mass is 485 g/mol. The number of esters is 1. The van der Waals surface area contributed by atoms with Crippen LogP contribution in [0.1, 0.15) is 44.4 Å². The average Bonchev–Trinajstić information content (AvgIpc) is 3.19. The Morgan fingerprint density at radius 1 is 1.31 bits per heavy atom. The second kappa shape index (κ2) is 10.1. The van der Waals surface area contributed by atoms with Gasteiger partial charge in [-0.3, -0.25) is 9.78 Å². The first kappa shape index (κ1) is 24.1. The molecule has 0 N–H and O–H groups in total. The minimum Gasteiger partial charge on any atom is -0.462 e. The predicted molar refractivity (Wildman–Crippen MR) is 134 cm³/mol. The van der Waals surface area contributed by atoms with Gasteiger partial charge in [-0.1, -0.05) is 24.3 Å². The van der Waals surface area contributed by atoms with E-state index in [0.717, 1.165) is 29.7 Å². The molecule has 1 aliphatic carbocycles. The summed E-state index contributed by atoms with van der Waals surface area (Å²) in [7, 11) is 0. The zero-order valence-electron chi connectivity index (χ0n) is 20.7. The topological polar surface area (TPSA) is 92.5 Å². The Bertz CT molecular complexity index is 1200. The number of benzene rings is 1. The van der Waals surface area contributed by atoms with E-state index in [1.54, 1.807) is 6.07 Å². The molecule has 3 heterocycles.